The van der Waals surface area contributed by atoms with E-state index < -0.39 is 0 Å². The fourth-order valence-corrected chi connectivity index (χ4v) is 5.42. The van der Waals surface area contributed by atoms with Crippen molar-refractivity contribution < 1.29 is 4.79 Å². The number of nitrogens with zero attached hydrogens (tertiary/aromatic N) is 5. The maximum atomic E-state index is 13.4. The van der Waals surface area contributed by atoms with E-state index in [1.165, 1.54) is 5.56 Å². The van der Waals surface area contributed by atoms with Gasteiger partial charge in [0, 0.05) is 81.4 Å². The van der Waals surface area contributed by atoms with Gasteiger partial charge in [-0.3, -0.25) is 9.69 Å². The number of piperazine rings is 2. The first-order valence-electron chi connectivity index (χ1n) is 12.4. The average Bonchev–Trinajstić information content (AvgIpc) is 2.90. The highest BCUT2D eigenvalue weighted by molar-refractivity contribution is 6.33. The van der Waals surface area contributed by atoms with Crippen LogP contribution >= 0.6 is 23.2 Å². The van der Waals surface area contributed by atoms with Crippen molar-refractivity contribution in [1.82, 2.24) is 14.8 Å². The number of aromatic nitrogens is 1. The van der Waals surface area contributed by atoms with Crippen LogP contribution in [-0.4, -0.2) is 73.0 Å². The van der Waals surface area contributed by atoms with Crippen LogP contribution < -0.4 is 9.80 Å². The number of benzene rings is 2. The highest BCUT2D eigenvalue weighted by atomic mass is 35.5. The molecule has 1 aromatic heterocycles. The predicted octanol–water partition coefficient (Wildman–Crippen LogP) is 4.98. The van der Waals surface area contributed by atoms with Crippen molar-refractivity contribution in [3.05, 3.63) is 87.5 Å². The first-order chi connectivity index (χ1) is 17.5. The Bertz CT molecular complexity index is 1220. The van der Waals surface area contributed by atoms with Crippen LogP contribution in [0.25, 0.3) is 0 Å². The zero-order valence-corrected chi connectivity index (χ0v) is 22.0. The van der Waals surface area contributed by atoms with E-state index in [0.717, 1.165) is 73.5 Å². The van der Waals surface area contributed by atoms with Gasteiger partial charge in [0.15, 0.2) is 0 Å². The molecule has 0 saturated carbocycles. The molecule has 2 aromatic carbocycles. The number of amides is 1. The maximum Gasteiger partial charge on any atom is 0.254 e. The van der Waals surface area contributed by atoms with E-state index >= 15 is 0 Å². The van der Waals surface area contributed by atoms with Crippen molar-refractivity contribution in [2.45, 2.75) is 13.5 Å². The molecule has 0 atom stereocenters. The number of hydrogen-bond acceptors (Lipinski definition) is 5. The Kier molecular flexibility index (Phi) is 7.65. The zero-order chi connectivity index (χ0) is 25.1. The van der Waals surface area contributed by atoms with E-state index in [1.54, 1.807) is 6.20 Å². The van der Waals surface area contributed by atoms with Crippen LogP contribution in [0.3, 0.4) is 0 Å². The summed E-state index contributed by atoms with van der Waals surface area (Å²) in [7, 11) is 0. The molecule has 3 heterocycles. The molecule has 188 valence electrons. The van der Waals surface area contributed by atoms with Gasteiger partial charge in [0.1, 0.15) is 5.82 Å². The Labute approximate surface area is 223 Å². The van der Waals surface area contributed by atoms with Crippen LogP contribution in [0.2, 0.25) is 10.0 Å². The summed E-state index contributed by atoms with van der Waals surface area (Å²) in [5.41, 5.74) is 4.11. The first kappa shape index (κ1) is 24.9. The topological polar surface area (TPSA) is 42.9 Å². The molecule has 5 rings (SSSR count). The van der Waals surface area contributed by atoms with E-state index in [9.17, 15) is 4.79 Å². The van der Waals surface area contributed by atoms with E-state index in [0.29, 0.717) is 18.1 Å². The number of carbonyl (C=O) groups is 1. The third kappa shape index (κ3) is 5.61. The minimum Gasteiger partial charge on any atom is -0.368 e. The number of anilines is 2. The molecule has 2 aliphatic heterocycles. The quantitative estimate of drug-likeness (QED) is 0.471. The number of rotatable bonds is 5. The molecule has 0 aliphatic carbocycles. The Hall–Kier alpha value is -2.80. The normalized spacial score (nSPS) is 16.9. The highest BCUT2D eigenvalue weighted by Crippen LogP contribution is 2.25. The molecule has 3 aromatic rings. The molecule has 0 unspecified atom stereocenters. The molecule has 0 radical (unpaired) electrons. The number of aryl methyl sites for hydroxylation is 1. The second kappa shape index (κ2) is 11.1. The lowest BCUT2D eigenvalue weighted by molar-refractivity contribution is 0.0746. The molecular weight excluding hydrogens is 493 g/mol. The Balaban J connectivity index is 1.19. The third-order valence-corrected chi connectivity index (χ3v) is 7.62. The monoisotopic (exact) mass is 523 g/mol. The SMILES string of the molecule is Cc1ccc(CN2CCN(c3ncccc3Cl)CC2)cc1C(=O)N1CCN(c2cccc(Cl)c2)CC1. The first-order valence-corrected chi connectivity index (χ1v) is 13.2. The smallest absolute Gasteiger partial charge is 0.254 e. The lowest BCUT2D eigenvalue weighted by Crippen LogP contribution is -2.49. The van der Waals surface area contributed by atoms with Crippen molar-refractivity contribution in [3.63, 3.8) is 0 Å². The molecular formula is C28H31Cl2N5O. The minimum absolute atomic E-state index is 0.120. The predicted molar refractivity (Wildman–Crippen MR) is 147 cm³/mol. The van der Waals surface area contributed by atoms with Gasteiger partial charge in [-0.2, -0.15) is 0 Å². The molecule has 0 spiro atoms. The molecule has 6 nitrogen and oxygen atoms in total. The molecule has 1 amide bonds. The summed E-state index contributed by atoms with van der Waals surface area (Å²) in [5, 5.41) is 1.43. The van der Waals surface area contributed by atoms with Crippen LogP contribution in [-0.2, 0) is 6.54 Å². The van der Waals surface area contributed by atoms with Crippen LogP contribution in [0.5, 0.6) is 0 Å². The van der Waals surface area contributed by atoms with E-state index in [1.807, 2.05) is 42.2 Å². The number of pyridine rings is 1. The van der Waals surface area contributed by atoms with Gasteiger partial charge < -0.3 is 14.7 Å². The largest absolute Gasteiger partial charge is 0.368 e. The van der Waals surface area contributed by atoms with Crippen molar-refractivity contribution in [2.75, 3.05) is 62.2 Å². The Morgan fingerprint density at radius 2 is 1.61 bits per heavy atom. The van der Waals surface area contributed by atoms with Crippen LogP contribution in [0.1, 0.15) is 21.5 Å². The Morgan fingerprint density at radius 3 is 2.33 bits per heavy atom. The van der Waals surface area contributed by atoms with Gasteiger partial charge in [-0.25, -0.2) is 4.98 Å². The third-order valence-electron chi connectivity index (χ3n) is 7.09. The van der Waals surface area contributed by atoms with Crippen molar-refractivity contribution in [1.29, 1.82) is 0 Å². The van der Waals surface area contributed by atoms with Crippen molar-refractivity contribution >= 4 is 40.6 Å². The second-order valence-electron chi connectivity index (χ2n) is 9.48. The lowest BCUT2D eigenvalue weighted by atomic mass is 10.0. The molecule has 0 bridgehead atoms. The molecule has 0 N–H and O–H groups in total. The maximum absolute atomic E-state index is 13.4. The summed E-state index contributed by atoms with van der Waals surface area (Å²) in [6, 6.07) is 18.0. The average molecular weight is 524 g/mol. The molecule has 2 saturated heterocycles. The zero-order valence-electron chi connectivity index (χ0n) is 20.5. The van der Waals surface area contributed by atoms with Crippen molar-refractivity contribution in [3.8, 4) is 0 Å². The van der Waals surface area contributed by atoms with Gasteiger partial charge in [0.2, 0.25) is 0 Å². The summed E-state index contributed by atoms with van der Waals surface area (Å²) < 4.78 is 0. The van der Waals surface area contributed by atoms with Crippen LogP contribution in [0.4, 0.5) is 11.5 Å². The number of carbonyl (C=O) groups excluding carboxylic acids is 1. The summed E-state index contributed by atoms with van der Waals surface area (Å²) in [5.74, 6) is 0.979. The molecule has 36 heavy (non-hydrogen) atoms. The second-order valence-corrected chi connectivity index (χ2v) is 10.3. The van der Waals surface area contributed by atoms with Gasteiger partial charge in [-0.05, 0) is 54.4 Å². The van der Waals surface area contributed by atoms with Crippen LogP contribution in [0.15, 0.2) is 60.8 Å². The summed E-state index contributed by atoms with van der Waals surface area (Å²) in [6.45, 7) is 9.47. The summed E-state index contributed by atoms with van der Waals surface area (Å²) in [6.07, 6.45) is 1.79. The van der Waals surface area contributed by atoms with Crippen LogP contribution in [0, 0.1) is 6.92 Å². The van der Waals surface area contributed by atoms with Crippen molar-refractivity contribution in [2.24, 2.45) is 0 Å². The fraction of sp³-hybridized carbons (Fsp3) is 0.357. The lowest BCUT2D eigenvalue weighted by Gasteiger charge is -2.37. The van der Waals surface area contributed by atoms with Gasteiger partial charge in [-0.1, -0.05) is 41.4 Å². The van der Waals surface area contributed by atoms with E-state index in [4.69, 9.17) is 23.2 Å². The standard InChI is InChI=1S/C28H31Cl2N5O/c1-21-7-8-22(20-32-10-12-34(13-11-32)27-26(30)6-3-9-31-27)18-25(21)28(36)35-16-14-33(15-17-35)24-5-2-4-23(29)19-24/h2-9,18-19H,10-17,20H2,1H3. The minimum atomic E-state index is 0.120. The van der Waals surface area contributed by atoms with Gasteiger partial charge >= 0.3 is 0 Å². The summed E-state index contributed by atoms with van der Waals surface area (Å²) in [4.78, 5) is 26.8. The number of halogens is 2. The van der Waals surface area contributed by atoms with E-state index in [-0.39, 0.29) is 5.91 Å². The number of hydrogen-bond donors (Lipinski definition) is 0. The highest BCUT2D eigenvalue weighted by Gasteiger charge is 2.25. The van der Waals surface area contributed by atoms with E-state index in [2.05, 4.69) is 43.9 Å². The Morgan fingerprint density at radius 1 is 0.861 bits per heavy atom. The molecule has 2 fully saturated rings. The van der Waals surface area contributed by atoms with Gasteiger partial charge in [0.05, 0.1) is 5.02 Å². The molecule has 2 aliphatic rings. The molecule has 8 heteroatoms. The summed E-state index contributed by atoms with van der Waals surface area (Å²) >= 11 is 12.5. The van der Waals surface area contributed by atoms with Gasteiger partial charge in [0.25, 0.3) is 5.91 Å². The van der Waals surface area contributed by atoms with Gasteiger partial charge in [-0.15, -0.1) is 0 Å². The fourth-order valence-electron chi connectivity index (χ4n) is 4.99.